The molecule has 0 radical (unpaired) electrons. The third kappa shape index (κ3) is 2.72. The van der Waals surface area contributed by atoms with Crippen LogP contribution in [0.25, 0.3) is 10.9 Å². The molecule has 3 fully saturated rings. The Hall–Kier alpha value is -1.81. The SMILES string of the molecule is Cc1c(CN2CC3C[C@H](C(C)C)N4C(=O)CC[C@H](C2)C34)[nH]c2ccccc12. The highest BCUT2D eigenvalue weighted by Crippen LogP contribution is 2.45. The van der Waals surface area contributed by atoms with E-state index >= 15 is 0 Å². The van der Waals surface area contributed by atoms with Crippen LogP contribution in [0.1, 0.15) is 44.4 Å². The molecule has 3 aliphatic heterocycles. The average molecular weight is 366 g/mol. The molecule has 4 atom stereocenters. The molecule has 27 heavy (non-hydrogen) atoms. The van der Waals surface area contributed by atoms with Crippen molar-refractivity contribution in [1.29, 1.82) is 0 Å². The minimum atomic E-state index is 0.414. The molecule has 0 spiro atoms. The number of hydrogen-bond donors (Lipinski definition) is 1. The molecule has 0 saturated carbocycles. The second-order valence-electron chi connectivity index (χ2n) is 9.37. The number of aromatic amines is 1. The van der Waals surface area contributed by atoms with Crippen LogP contribution in [0.4, 0.5) is 0 Å². The number of carbonyl (C=O) groups is 1. The molecule has 4 heteroatoms. The first-order valence-electron chi connectivity index (χ1n) is 10.6. The first-order valence-corrected chi connectivity index (χ1v) is 10.6. The minimum Gasteiger partial charge on any atom is -0.357 e. The van der Waals surface area contributed by atoms with Crippen LogP contribution in [0.15, 0.2) is 24.3 Å². The average Bonchev–Trinajstić information content (AvgIpc) is 3.19. The third-order valence-electron chi connectivity index (χ3n) is 7.41. The lowest BCUT2D eigenvalue weighted by Gasteiger charge is -2.47. The zero-order valence-corrected chi connectivity index (χ0v) is 16.7. The number of piperidine rings is 2. The van der Waals surface area contributed by atoms with Crippen molar-refractivity contribution in [2.45, 2.75) is 58.7 Å². The Balaban J connectivity index is 1.39. The van der Waals surface area contributed by atoms with E-state index in [0.29, 0.717) is 35.7 Å². The highest BCUT2D eigenvalue weighted by atomic mass is 16.2. The number of aryl methyl sites for hydroxylation is 1. The summed E-state index contributed by atoms with van der Waals surface area (Å²) in [5.74, 6) is 2.26. The van der Waals surface area contributed by atoms with E-state index in [1.54, 1.807) is 0 Å². The van der Waals surface area contributed by atoms with Crippen LogP contribution in [0.5, 0.6) is 0 Å². The van der Waals surface area contributed by atoms with E-state index in [1.165, 1.54) is 28.6 Å². The number of rotatable bonds is 3. The van der Waals surface area contributed by atoms with Crippen molar-refractivity contribution in [2.75, 3.05) is 13.1 Å². The van der Waals surface area contributed by atoms with Crippen LogP contribution in [0.2, 0.25) is 0 Å². The maximum Gasteiger partial charge on any atom is 0.223 e. The topological polar surface area (TPSA) is 39.3 Å². The van der Waals surface area contributed by atoms with Gasteiger partial charge in [-0.15, -0.1) is 0 Å². The van der Waals surface area contributed by atoms with Crippen molar-refractivity contribution in [2.24, 2.45) is 17.8 Å². The number of hydrogen-bond acceptors (Lipinski definition) is 2. The van der Waals surface area contributed by atoms with Crippen LogP contribution in [-0.4, -0.2) is 45.9 Å². The van der Waals surface area contributed by atoms with Gasteiger partial charge in [0.2, 0.25) is 5.91 Å². The Labute approximate surface area is 161 Å². The number of benzene rings is 1. The number of para-hydroxylation sites is 1. The van der Waals surface area contributed by atoms with Crippen LogP contribution < -0.4 is 0 Å². The van der Waals surface area contributed by atoms with Crippen LogP contribution in [-0.2, 0) is 11.3 Å². The molecule has 144 valence electrons. The van der Waals surface area contributed by atoms with Gasteiger partial charge in [-0.3, -0.25) is 9.69 Å². The lowest BCUT2D eigenvalue weighted by atomic mass is 9.79. The van der Waals surface area contributed by atoms with Gasteiger partial charge in [-0.2, -0.15) is 0 Å². The van der Waals surface area contributed by atoms with Crippen molar-refractivity contribution >= 4 is 16.8 Å². The van der Waals surface area contributed by atoms with E-state index < -0.39 is 0 Å². The van der Waals surface area contributed by atoms with E-state index in [4.69, 9.17) is 0 Å². The first-order chi connectivity index (χ1) is 13.0. The normalized spacial score (nSPS) is 31.1. The van der Waals surface area contributed by atoms with E-state index in [-0.39, 0.29) is 0 Å². The number of fused-ring (bicyclic) bond motifs is 1. The molecule has 5 rings (SSSR count). The Kier molecular flexibility index (Phi) is 4.08. The quantitative estimate of drug-likeness (QED) is 0.895. The van der Waals surface area contributed by atoms with Crippen LogP contribution in [0.3, 0.4) is 0 Å². The summed E-state index contributed by atoms with van der Waals surface area (Å²) < 4.78 is 0. The predicted octanol–water partition coefficient (Wildman–Crippen LogP) is 3.94. The largest absolute Gasteiger partial charge is 0.357 e. The summed E-state index contributed by atoms with van der Waals surface area (Å²) in [5.41, 5.74) is 3.99. The van der Waals surface area contributed by atoms with Gasteiger partial charge in [-0.1, -0.05) is 32.0 Å². The number of H-pyrrole nitrogens is 1. The minimum absolute atomic E-state index is 0.414. The molecular formula is C23H31N3O. The van der Waals surface area contributed by atoms with Gasteiger partial charge in [-0.25, -0.2) is 0 Å². The summed E-state index contributed by atoms with van der Waals surface area (Å²) in [5, 5.41) is 1.34. The monoisotopic (exact) mass is 365 g/mol. The molecule has 2 unspecified atom stereocenters. The van der Waals surface area contributed by atoms with E-state index in [9.17, 15) is 4.79 Å². The molecule has 2 aromatic rings. The van der Waals surface area contributed by atoms with Gasteiger partial charge in [0.25, 0.3) is 0 Å². The molecule has 0 bridgehead atoms. The van der Waals surface area contributed by atoms with E-state index in [0.717, 1.165) is 32.5 Å². The highest BCUT2D eigenvalue weighted by molar-refractivity contribution is 5.84. The van der Waals surface area contributed by atoms with Gasteiger partial charge in [0.05, 0.1) is 0 Å². The second-order valence-corrected chi connectivity index (χ2v) is 9.37. The Morgan fingerprint density at radius 2 is 1.96 bits per heavy atom. The Bertz CT molecular complexity index is 870. The van der Waals surface area contributed by atoms with Crippen molar-refractivity contribution in [1.82, 2.24) is 14.8 Å². The van der Waals surface area contributed by atoms with Crippen molar-refractivity contribution in [3.8, 4) is 0 Å². The lowest BCUT2D eigenvalue weighted by Crippen LogP contribution is -2.57. The standard InChI is InChI=1S/C23H31N3O/c1-14(2)21-10-17-12-25(11-16-8-9-22(27)26(21)23(16)17)13-20-15(3)18-6-4-5-7-19(18)24-20/h4-7,14,16-17,21,23-24H,8-13H2,1-3H3/t16-,17?,21-,23?/m1/s1. The van der Waals surface area contributed by atoms with E-state index in [2.05, 4.69) is 59.8 Å². The maximum absolute atomic E-state index is 12.6. The fourth-order valence-electron chi connectivity index (χ4n) is 6.15. The summed E-state index contributed by atoms with van der Waals surface area (Å²) in [6.45, 7) is 10.1. The number of aromatic nitrogens is 1. The zero-order chi connectivity index (χ0) is 18.7. The summed E-state index contributed by atoms with van der Waals surface area (Å²) in [6, 6.07) is 9.56. The Morgan fingerprint density at radius 1 is 1.19 bits per heavy atom. The molecular weight excluding hydrogens is 334 g/mol. The molecule has 4 heterocycles. The molecule has 3 saturated heterocycles. The zero-order valence-electron chi connectivity index (χ0n) is 16.7. The van der Waals surface area contributed by atoms with Gasteiger partial charge >= 0.3 is 0 Å². The molecule has 3 aliphatic rings. The van der Waals surface area contributed by atoms with Gasteiger partial charge in [-0.05, 0) is 49.1 Å². The third-order valence-corrected chi connectivity index (χ3v) is 7.41. The lowest BCUT2D eigenvalue weighted by molar-refractivity contribution is -0.142. The van der Waals surface area contributed by atoms with Crippen molar-refractivity contribution < 1.29 is 4.79 Å². The summed E-state index contributed by atoms with van der Waals surface area (Å²) in [7, 11) is 0. The van der Waals surface area contributed by atoms with Gasteiger partial charge in [0, 0.05) is 54.7 Å². The number of likely N-dealkylation sites (tertiary alicyclic amines) is 1. The molecule has 1 aromatic heterocycles. The van der Waals surface area contributed by atoms with Crippen LogP contribution in [0, 0.1) is 24.7 Å². The van der Waals surface area contributed by atoms with Crippen LogP contribution >= 0.6 is 0 Å². The van der Waals surface area contributed by atoms with Gasteiger partial charge in [0.15, 0.2) is 0 Å². The second kappa shape index (κ2) is 6.37. The van der Waals surface area contributed by atoms with Gasteiger partial charge < -0.3 is 9.88 Å². The summed E-state index contributed by atoms with van der Waals surface area (Å²) in [6.07, 6.45) is 3.01. The number of carbonyl (C=O) groups excluding carboxylic acids is 1. The fourth-order valence-corrected chi connectivity index (χ4v) is 6.15. The smallest absolute Gasteiger partial charge is 0.223 e. The molecule has 4 nitrogen and oxygen atoms in total. The van der Waals surface area contributed by atoms with Gasteiger partial charge in [0.1, 0.15) is 0 Å². The number of nitrogens with one attached hydrogen (secondary N) is 1. The number of nitrogens with zero attached hydrogens (tertiary/aromatic N) is 2. The first kappa shape index (κ1) is 17.3. The number of amides is 1. The predicted molar refractivity (Wildman–Crippen MR) is 108 cm³/mol. The maximum atomic E-state index is 12.6. The molecule has 1 N–H and O–H groups in total. The highest BCUT2D eigenvalue weighted by Gasteiger charge is 2.52. The van der Waals surface area contributed by atoms with E-state index in [1.807, 2.05) is 0 Å². The molecule has 1 amide bonds. The van der Waals surface area contributed by atoms with Crippen molar-refractivity contribution in [3.63, 3.8) is 0 Å². The van der Waals surface area contributed by atoms with Crippen molar-refractivity contribution in [3.05, 3.63) is 35.5 Å². The summed E-state index contributed by atoms with van der Waals surface area (Å²) in [4.78, 5) is 21.3. The Morgan fingerprint density at radius 3 is 2.74 bits per heavy atom. The summed E-state index contributed by atoms with van der Waals surface area (Å²) >= 11 is 0. The molecule has 1 aromatic carbocycles. The molecule has 0 aliphatic carbocycles. The fraction of sp³-hybridized carbons (Fsp3) is 0.609.